The molecule has 0 radical (unpaired) electrons. The van der Waals surface area contributed by atoms with Gasteiger partial charge in [0, 0.05) is 6.54 Å². The Kier molecular flexibility index (Phi) is 7.62. The molecule has 0 saturated carbocycles. The largest absolute Gasteiger partial charge is 0.493 e. The van der Waals surface area contributed by atoms with E-state index < -0.39 is 0 Å². The zero-order valence-electron chi connectivity index (χ0n) is 13.0. The van der Waals surface area contributed by atoms with Crippen LogP contribution < -0.4 is 19.5 Å². The van der Waals surface area contributed by atoms with Crippen LogP contribution in [0.2, 0.25) is 0 Å². The third-order valence-electron chi connectivity index (χ3n) is 3.00. The zero-order valence-corrected chi connectivity index (χ0v) is 13.8. The Hall–Kier alpha value is -1.07. The topological polar surface area (TPSA) is 39.7 Å². The lowest BCUT2D eigenvalue weighted by Crippen LogP contribution is -2.22. The van der Waals surface area contributed by atoms with Crippen molar-refractivity contribution in [3.63, 3.8) is 0 Å². The molecule has 0 aliphatic heterocycles. The van der Waals surface area contributed by atoms with Gasteiger partial charge in [-0.1, -0.05) is 6.92 Å². The summed E-state index contributed by atoms with van der Waals surface area (Å²) in [7, 11) is 4.88. The number of benzene rings is 1. The van der Waals surface area contributed by atoms with Gasteiger partial charge in [0.15, 0.2) is 11.5 Å². The van der Waals surface area contributed by atoms with Crippen LogP contribution >= 0.6 is 11.8 Å². The Bertz CT molecular complexity index is 387. The van der Waals surface area contributed by atoms with Crippen molar-refractivity contribution in [1.29, 1.82) is 0 Å². The van der Waals surface area contributed by atoms with Crippen LogP contribution in [0.1, 0.15) is 12.5 Å². The van der Waals surface area contributed by atoms with Crippen molar-refractivity contribution in [2.45, 2.75) is 13.5 Å². The summed E-state index contributed by atoms with van der Waals surface area (Å²) >= 11 is 1.88. The van der Waals surface area contributed by atoms with E-state index in [1.54, 1.807) is 21.3 Å². The van der Waals surface area contributed by atoms with E-state index in [0.717, 1.165) is 18.7 Å². The van der Waals surface area contributed by atoms with Crippen LogP contribution in [0.5, 0.6) is 17.2 Å². The summed E-state index contributed by atoms with van der Waals surface area (Å²) in [5.74, 6) is 3.85. The molecule has 0 aliphatic rings. The van der Waals surface area contributed by atoms with Crippen LogP contribution in [-0.2, 0) is 6.54 Å². The molecule has 1 aromatic carbocycles. The molecule has 0 aromatic heterocycles. The van der Waals surface area contributed by atoms with Gasteiger partial charge < -0.3 is 19.5 Å². The molecule has 4 nitrogen and oxygen atoms in total. The molecule has 1 N–H and O–H groups in total. The van der Waals surface area contributed by atoms with Crippen molar-refractivity contribution in [3.05, 3.63) is 17.7 Å². The van der Waals surface area contributed by atoms with Crippen molar-refractivity contribution in [2.75, 3.05) is 39.9 Å². The number of methoxy groups -OCH3 is 3. The van der Waals surface area contributed by atoms with Gasteiger partial charge in [-0.05, 0) is 42.2 Å². The second kappa shape index (κ2) is 8.97. The molecule has 1 atom stereocenters. The molecule has 5 heteroatoms. The summed E-state index contributed by atoms with van der Waals surface area (Å²) in [5, 5.41) is 3.46. The highest BCUT2D eigenvalue weighted by atomic mass is 32.2. The monoisotopic (exact) mass is 299 g/mol. The number of hydrogen-bond donors (Lipinski definition) is 1. The van der Waals surface area contributed by atoms with E-state index in [4.69, 9.17) is 14.2 Å². The predicted molar refractivity (Wildman–Crippen MR) is 85.4 cm³/mol. The predicted octanol–water partition coefficient (Wildman–Crippen LogP) is 2.80. The number of ether oxygens (including phenoxy) is 3. The maximum atomic E-state index is 5.35. The summed E-state index contributed by atoms with van der Waals surface area (Å²) in [6, 6.07) is 3.96. The maximum absolute atomic E-state index is 5.35. The van der Waals surface area contributed by atoms with Gasteiger partial charge in [-0.15, -0.1) is 0 Å². The Morgan fingerprint density at radius 3 is 2.15 bits per heavy atom. The normalized spacial score (nSPS) is 12.1. The van der Waals surface area contributed by atoms with Crippen molar-refractivity contribution in [1.82, 2.24) is 5.32 Å². The smallest absolute Gasteiger partial charge is 0.203 e. The molecule has 20 heavy (non-hydrogen) atoms. The Morgan fingerprint density at radius 2 is 1.70 bits per heavy atom. The summed E-state index contributed by atoms with van der Waals surface area (Å²) in [6.07, 6.45) is 2.13. The fraction of sp³-hybridized carbons (Fsp3) is 0.600. The lowest BCUT2D eigenvalue weighted by molar-refractivity contribution is 0.323. The summed E-state index contributed by atoms with van der Waals surface area (Å²) < 4.78 is 16.0. The second-order valence-corrected chi connectivity index (χ2v) is 5.64. The molecule has 1 aromatic rings. The van der Waals surface area contributed by atoms with E-state index in [-0.39, 0.29) is 0 Å². The molecule has 0 bridgehead atoms. The van der Waals surface area contributed by atoms with E-state index in [2.05, 4.69) is 18.5 Å². The average Bonchev–Trinajstić information content (AvgIpc) is 2.46. The van der Waals surface area contributed by atoms with Crippen LogP contribution in [-0.4, -0.2) is 39.9 Å². The Morgan fingerprint density at radius 1 is 1.10 bits per heavy atom. The molecule has 0 heterocycles. The highest BCUT2D eigenvalue weighted by Gasteiger charge is 2.13. The Labute approximate surface area is 126 Å². The van der Waals surface area contributed by atoms with Gasteiger partial charge in [-0.2, -0.15) is 11.8 Å². The van der Waals surface area contributed by atoms with Crippen molar-refractivity contribution < 1.29 is 14.2 Å². The van der Waals surface area contributed by atoms with E-state index in [1.807, 2.05) is 23.9 Å². The SMILES string of the molecule is COc1cc(CNCC(C)CSC)cc(OC)c1OC. The fourth-order valence-corrected chi connectivity index (χ4v) is 2.73. The molecule has 0 saturated heterocycles. The maximum Gasteiger partial charge on any atom is 0.203 e. The number of rotatable bonds is 9. The Balaban J connectivity index is 2.71. The molecular weight excluding hydrogens is 274 g/mol. The first-order valence-corrected chi connectivity index (χ1v) is 8.04. The van der Waals surface area contributed by atoms with E-state index in [0.29, 0.717) is 23.2 Å². The first kappa shape index (κ1) is 17.0. The van der Waals surface area contributed by atoms with Crippen LogP contribution in [0.3, 0.4) is 0 Å². The summed E-state index contributed by atoms with van der Waals surface area (Å²) in [5.41, 5.74) is 1.12. The molecule has 0 aliphatic carbocycles. The van der Waals surface area contributed by atoms with Crippen LogP contribution in [0.4, 0.5) is 0 Å². The minimum absolute atomic E-state index is 0.634. The van der Waals surface area contributed by atoms with Gasteiger partial charge in [0.1, 0.15) is 0 Å². The number of thioether (sulfide) groups is 1. The number of hydrogen-bond acceptors (Lipinski definition) is 5. The molecular formula is C15H25NO3S. The molecule has 1 rings (SSSR count). The van der Waals surface area contributed by atoms with Crippen LogP contribution in [0.15, 0.2) is 12.1 Å². The molecule has 114 valence electrons. The minimum Gasteiger partial charge on any atom is -0.493 e. The molecule has 0 amide bonds. The lowest BCUT2D eigenvalue weighted by atomic mass is 10.1. The van der Waals surface area contributed by atoms with E-state index in [9.17, 15) is 0 Å². The standard InChI is InChI=1S/C15H25NO3S/c1-11(10-20-5)8-16-9-12-6-13(17-2)15(19-4)14(7-12)18-3/h6-7,11,16H,8-10H2,1-5H3. The molecule has 0 fully saturated rings. The van der Waals surface area contributed by atoms with E-state index >= 15 is 0 Å². The van der Waals surface area contributed by atoms with Crippen LogP contribution in [0.25, 0.3) is 0 Å². The summed E-state index contributed by atoms with van der Waals surface area (Å²) in [6.45, 7) is 4.03. The highest BCUT2D eigenvalue weighted by molar-refractivity contribution is 7.98. The van der Waals surface area contributed by atoms with Crippen molar-refractivity contribution in [2.24, 2.45) is 5.92 Å². The lowest BCUT2D eigenvalue weighted by Gasteiger charge is -2.15. The highest BCUT2D eigenvalue weighted by Crippen LogP contribution is 2.38. The first-order valence-electron chi connectivity index (χ1n) is 6.64. The van der Waals surface area contributed by atoms with Gasteiger partial charge in [0.25, 0.3) is 0 Å². The fourth-order valence-electron chi connectivity index (χ4n) is 2.04. The van der Waals surface area contributed by atoms with Crippen molar-refractivity contribution >= 4 is 11.8 Å². The van der Waals surface area contributed by atoms with Gasteiger partial charge >= 0.3 is 0 Å². The minimum atomic E-state index is 0.634. The van der Waals surface area contributed by atoms with E-state index in [1.165, 1.54) is 5.75 Å². The molecule has 0 spiro atoms. The quantitative estimate of drug-likeness (QED) is 0.759. The van der Waals surface area contributed by atoms with Gasteiger partial charge in [-0.25, -0.2) is 0 Å². The number of nitrogens with one attached hydrogen (secondary N) is 1. The van der Waals surface area contributed by atoms with Crippen LogP contribution in [0, 0.1) is 5.92 Å². The van der Waals surface area contributed by atoms with Crippen molar-refractivity contribution in [3.8, 4) is 17.2 Å². The zero-order chi connectivity index (χ0) is 15.0. The third kappa shape index (κ3) is 4.80. The summed E-state index contributed by atoms with van der Waals surface area (Å²) in [4.78, 5) is 0. The first-order chi connectivity index (χ1) is 9.65. The second-order valence-electron chi connectivity index (χ2n) is 4.73. The average molecular weight is 299 g/mol. The van der Waals surface area contributed by atoms with Gasteiger partial charge in [0.2, 0.25) is 5.75 Å². The third-order valence-corrected chi connectivity index (χ3v) is 3.90. The van der Waals surface area contributed by atoms with Gasteiger partial charge in [-0.3, -0.25) is 0 Å². The van der Waals surface area contributed by atoms with Gasteiger partial charge in [0.05, 0.1) is 21.3 Å². The molecule has 1 unspecified atom stereocenters.